The second-order valence-corrected chi connectivity index (χ2v) is 6.01. The summed E-state index contributed by atoms with van der Waals surface area (Å²) in [5.74, 6) is 0. The molecule has 0 radical (unpaired) electrons. The minimum absolute atomic E-state index is 0.000849. The van der Waals surface area contributed by atoms with Crippen LogP contribution in [0.4, 0.5) is 26.3 Å². The average molecular weight is 382 g/mol. The maximum Gasteiger partial charge on any atom is 0.416 e. The van der Waals surface area contributed by atoms with Crippen LogP contribution in [0.2, 0.25) is 0 Å². The molecule has 0 aliphatic heterocycles. The molecule has 0 saturated heterocycles. The van der Waals surface area contributed by atoms with E-state index in [2.05, 4.69) is 0 Å². The molecule has 138 valence electrons. The van der Waals surface area contributed by atoms with Gasteiger partial charge in [-0.25, -0.2) is 0 Å². The van der Waals surface area contributed by atoms with Crippen molar-refractivity contribution in [2.45, 2.75) is 12.4 Å². The summed E-state index contributed by atoms with van der Waals surface area (Å²) >= 11 is 0. The van der Waals surface area contributed by atoms with Crippen LogP contribution in [0.15, 0.2) is 57.7 Å². The van der Waals surface area contributed by atoms with Gasteiger partial charge in [0.15, 0.2) is 0 Å². The van der Waals surface area contributed by atoms with E-state index in [0.717, 1.165) is 36.4 Å². The molecule has 0 bridgehead atoms. The van der Waals surface area contributed by atoms with Crippen molar-refractivity contribution in [2.75, 3.05) is 0 Å². The zero-order valence-corrected chi connectivity index (χ0v) is 13.2. The molecule has 0 fully saturated rings. The molecule has 3 aromatic carbocycles. The minimum atomic E-state index is -4.60. The molecule has 0 amide bonds. The Hall–Kier alpha value is -3.03. The Bertz CT molecular complexity index is 1270. The molecule has 0 saturated carbocycles. The van der Waals surface area contributed by atoms with Gasteiger partial charge in [0.2, 0.25) is 5.43 Å². The van der Waals surface area contributed by atoms with E-state index in [4.69, 9.17) is 4.42 Å². The van der Waals surface area contributed by atoms with Crippen LogP contribution in [0.5, 0.6) is 0 Å². The van der Waals surface area contributed by atoms with E-state index in [1.54, 1.807) is 0 Å². The smallest absolute Gasteiger partial charge is 0.416 e. The van der Waals surface area contributed by atoms with Gasteiger partial charge in [-0.05, 0) is 47.2 Å². The van der Waals surface area contributed by atoms with Gasteiger partial charge in [0.1, 0.15) is 11.2 Å². The molecule has 4 rings (SSSR count). The first-order valence-corrected chi connectivity index (χ1v) is 7.63. The standard InChI is InChI=1S/C19H8F6O2/c20-18(21,22)10-2-4-12-9(7-10)1-6-14-16(12)17(26)13-5-3-11(19(23,24)25)8-15(13)27-14/h1-8H. The fourth-order valence-electron chi connectivity index (χ4n) is 3.03. The lowest BCUT2D eigenvalue weighted by Gasteiger charge is -2.10. The van der Waals surface area contributed by atoms with Crippen molar-refractivity contribution >= 4 is 32.7 Å². The third-order valence-electron chi connectivity index (χ3n) is 4.31. The first-order chi connectivity index (χ1) is 12.6. The van der Waals surface area contributed by atoms with E-state index in [1.807, 2.05) is 0 Å². The molecule has 0 atom stereocenters. The van der Waals surface area contributed by atoms with Crippen LogP contribution in [0.3, 0.4) is 0 Å². The summed E-state index contributed by atoms with van der Waals surface area (Å²) in [5, 5.41) is 0.350. The maximum absolute atomic E-state index is 12.9. The van der Waals surface area contributed by atoms with E-state index in [0.29, 0.717) is 0 Å². The Morgan fingerprint density at radius 3 is 1.89 bits per heavy atom. The van der Waals surface area contributed by atoms with Gasteiger partial charge in [-0.2, -0.15) is 26.3 Å². The van der Waals surface area contributed by atoms with Gasteiger partial charge in [-0.15, -0.1) is 0 Å². The molecule has 1 heterocycles. The van der Waals surface area contributed by atoms with E-state index < -0.39 is 28.9 Å². The van der Waals surface area contributed by atoms with Crippen molar-refractivity contribution in [3.05, 3.63) is 69.9 Å². The molecule has 0 aliphatic rings. The summed E-state index contributed by atoms with van der Waals surface area (Å²) in [7, 11) is 0. The molecule has 2 nitrogen and oxygen atoms in total. The zero-order valence-electron chi connectivity index (χ0n) is 13.2. The molecule has 0 N–H and O–H groups in total. The summed E-state index contributed by atoms with van der Waals surface area (Å²) in [4.78, 5) is 12.8. The van der Waals surface area contributed by atoms with Crippen molar-refractivity contribution in [3.8, 4) is 0 Å². The second-order valence-electron chi connectivity index (χ2n) is 6.01. The fraction of sp³-hybridized carbons (Fsp3) is 0.105. The third kappa shape index (κ3) is 2.81. The van der Waals surface area contributed by atoms with E-state index >= 15 is 0 Å². The SMILES string of the molecule is O=c1c2ccc(C(F)(F)F)cc2oc2ccc3cc(C(F)(F)F)ccc3c12. The Labute approximate surface area is 146 Å². The van der Waals surface area contributed by atoms with Gasteiger partial charge >= 0.3 is 12.4 Å². The first kappa shape index (κ1) is 17.4. The quantitative estimate of drug-likeness (QED) is 0.208. The number of benzene rings is 3. The Morgan fingerprint density at radius 1 is 0.667 bits per heavy atom. The highest BCUT2D eigenvalue weighted by Gasteiger charge is 2.32. The van der Waals surface area contributed by atoms with Gasteiger partial charge in [-0.3, -0.25) is 4.79 Å². The molecule has 8 heteroatoms. The number of fused-ring (bicyclic) bond motifs is 4. The van der Waals surface area contributed by atoms with Gasteiger partial charge in [0.25, 0.3) is 0 Å². The summed E-state index contributed by atoms with van der Waals surface area (Å²) < 4.78 is 82.7. The average Bonchev–Trinajstić information content (AvgIpc) is 2.59. The second kappa shape index (κ2) is 5.48. The number of alkyl halides is 6. The van der Waals surface area contributed by atoms with Crippen molar-refractivity contribution < 1.29 is 30.8 Å². The molecule has 0 aliphatic carbocycles. The lowest BCUT2D eigenvalue weighted by Crippen LogP contribution is -2.08. The van der Waals surface area contributed by atoms with Crippen LogP contribution in [0.1, 0.15) is 11.1 Å². The van der Waals surface area contributed by atoms with Crippen LogP contribution < -0.4 is 5.43 Å². The zero-order chi connectivity index (χ0) is 19.6. The van der Waals surface area contributed by atoms with Crippen molar-refractivity contribution in [1.82, 2.24) is 0 Å². The highest BCUT2D eigenvalue weighted by molar-refractivity contribution is 6.08. The number of rotatable bonds is 0. The van der Waals surface area contributed by atoms with Gasteiger partial charge < -0.3 is 4.42 Å². The topological polar surface area (TPSA) is 30.2 Å². The number of hydrogen-bond acceptors (Lipinski definition) is 2. The van der Waals surface area contributed by atoms with Crippen molar-refractivity contribution in [1.29, 1.82) is 0 Å². The normalized spacial score (nSPS) is 13.0. The van der Waals surface area contributed by atoms with Crippen molar-refractivity contribution in [3.63, 3.8) is 0 Å². The van der Waals surface area contributed by atoms with Crippen LogP contribution in [-0.2, 0) is 12.4 Å². The molecular weight excluding hydrogens is 374 g/mol. The lowest BCUT2D eigenvalue weighted by atomic mass is 10.0. The monoisotopic (exact) mass is 382 g/mol. The van der Waals surface area contributed by atoms with Gasteiger partial charge in [0, 0.05) is 0 Å². The highest BCUT2D eigenvalue weighted by Crippen LogP contribution is 2.35. The first-order valence-electron chi connectivity index (χ1n) is 7.63. The summed E-state index contributed by atoms with van der Waals surface area (Å²) in [6, 6.07) is 8.02. The Kier molecular flexibility index (Phi) is 3.53. The molecular formula is C19H8F6O2. The third-order valence-corrected chi connectivity index (χ3v) is 4.31. The minimum Gasteiger partial charge on any atom is -0.456 e. The van der Waals surface area contributed by atoms with E-state index in [9.17, 15) is 31.1 Å². The highest BCUT2D eigenvalue weighted by atomic mass is 19.4. The van der Waals surface area contributed by atoms with Crippen LogP contribution in [-0.4, -0.2) is 0 Å². The van der Waals surface area contributed by atoms with Crippen molar-refractivity contribution in [2.24, 2.45) is 0 Å². The number of halogens is 6. The van der Waals surface area contributed by atoms with Gasteiger partial charge in [0.05, 0.1) is 21.9 Å². The molecule has 0 unspecified atom stereocenters. The summed E-state index contributed by atoms with van der Waals surface area (Å²) in [6.45, 7) is 0. The van der Waals surface area contributed by atoms with Crippen LogP contribution in [0, 0.1) is 0 Å². The van der Waals surface area contributed by atoms with Crippen LogP contribution in [0.25, 0.3) is 32.7 Å². The van der Waals surface area contributed by atoms with Gasteiger partial charge in [-0.1, -0.05) is 12.1 Å². The number of hydrogen-bond donors (Lipinski definition) is 0. The maximum atomic E-state index is 12.9. The Morgan fingerprint density at radius 2 is 1.26 bits per heavy atom. The predicted octanol–water partition coefficient (Wildman–Crippen LogP) is 6.14. The predicted molar refractivity (Wildman–Crippen MR) is 87.5 cm³/mol. The summed E-state index contributed by atoms with van der Waals surface area (Å²) in [5.41, 5.74) is -2.68. The summed E-state index contributed by atoms with van der Waals surface area (Å²) in [6.07, 6.45) is -9.13. The Balaban J connectivity index is 2.06. The molecule has 27 heavy (non-hydrogen) atoms. The van der Waals surface area contributed by atoms with E-state index in [-0.39, 0.29) is 32.7 Å². The van der Waals surface area contributed by atoms with Crippen LogP contribution >= 0.6 is 0 Å². The fourth-order valence-corrected chi connectivity index (χ4v) is 3.03. The molecule has 4 aromatic rings. The van der Waals surface area contributed by atoms with E-state index in [1.165, 1.54) is 12.1 Å². The lowest BCUT2D eigenvalue weighted by molar-refractivity contribution is -0.138. The molecule has 0 spiro atoms. The molecule has 1 aromatic heterocycles. The largest absolute Gasteiger partial charge is 0.456 e.